The van der Waals surface area contributed by atoms with Crippen LogP contribution in [0.3, 0.4) is 0 Å². The summed E-state index contributed by atoms with van der Waals surface area (Å²) in [5.41, 5.74) is 0.925. The molecule has 3 rings (SSSR count). The Kier molecular flexibility index (Phi) is 5.50. The summed E-state index contributed by atoms with van der Waals surface area (Å²) in [6, 6.07) is 7.31. The Morgan fingerprint density at radius 2 is 1.96 bits per heavy atom. The van der Waals surface area contributed by atoms with Crippen LogP contribution in [0, 0.1) is 0 Å². The standard InChI is InChI=1S/C18H18ClN3O3/c1-24-17-18(21-10-9-20-17)25-15-8-11-22(12-15)16(23)7-4-13-2-5-14(19)6-3-13/h2-7,9-10,15H,8,11-12H2,1H3/b7-4+. The van der Waals surface area contributed by atoms with Crippen LogP contribution in [0.25, 0.3) is 6.08 Å². The van der Waals surface area contributed by atoms with E-state index in [9.17, 15) is 4.79 Å². The van der Waals surface area contributed by atoms with Gasteiger partial charge in [-0.15, -0.1) is 0 Å². The lowest BCUT2D eigenvalue weighted by atomic mass is 10.2. The van der Waals surface area contributed by atoms with E-state index in [0.29, 0.717) is 29.9 Å². The molecule has 1 fully saturated rings. The van der Waals surface area contributed by atoms with E-state index in [-0.39, 0.29) is 12.0 Å². The number of ether oxygens (including phenoxy) is 2. The van der Waals surface area contributed by atoms with E-state index in [0.717, 1.165) is 12.0 Å². The number of rotatable bonds is 5. The van der Waals surface area contributed by atoms with Crippen molar-refractivity contribution in [2.75, 3.05) is 20.2 Å². The largest absolute Gasteiger partial charge is 0.477 e. The first kappa shape index (κ1) is 17.2. The fourth-order valence-electron chi connectivity index (χ4n) is 2.56. The quantitative estimate of drug-likeness (QED) is 0.768. The number of amides is 1. The minimum atomic E-state index is -0.126. The lowest BCUT2D eigenvalue weighted by Gasteiger charge is -2.16. The van der Waals surface area contributed by atoms with Crippen molar-refractivity contribution in [2.24, 2.45) is 0 Å². The van der Waals surface area contributed by atoms with E-state index >= 15 is 0 Å². The van der Waals surface area contributed by atoms with Crippen LogP contribution < -0.4 is 9.47 Å². The molecule has 1 aromatic carbocycles. The summed E-state index contributed by atoms with van der Waals surface area (Å²) in [5.74, 6) is 0.642. The Hall–Kier alpha value is -2.60. The molecular weight excluding hydrogens is 342 g/mol. The average molecular weight is 360 g/mol. The van der Waals surface area contributed by atoms with Gasteiger partial charge in [-0.2, -0.15) is 0 Å². The Morgan fingerprint density at radius 3 is 2.68 bits per heavy atom. The van der Waals surface area contributed by atoms with Gasteiger partial charge in [0.2, 0.25) is 5.91 Å². The maximum absolute atomic E-state index is 12.3. The fourth-order valence-corrected chi connectivity index (χ4v) is 2.69. The van der Waals surface area contributed by atoms with Crippen molar-refractivity contribution in [3.8, 4) is 11.8 Å². The van der Waals surface area contributed by atoms with Gasteiger partial charge in [0.25, 0.3) is 11.8 Å². The Balaban J connectivity index is 1.56. The lowest BCUT2D eigenvalue weighted by molar-refractivity contribution is -0.125. The topological polar surface area (TPSA) is 64.6 Å². The number of hydrogen-bond donors (Lipinski definition) is 0. The number of hydrogen-bond acceptors (Lipinski definition) is 5. The van der Waals surface area contributed by atoms with Crippen LogP contribution in [0.15, 0.2) is 42.7 Å². The van der Waals surface area contributed by atoms with Gasteiger partial charge >= 0.3 is 0 Å². The van der Waals surface area contributed by atoms with Crippen molar-refractivity contribution < 1.29 is 14.3 Å². The van der Waals surface area contributed by atoms with Crippen molar-refractivity contribution in [3.63, 3.8) is 0 Å². The smallest absolute Gasteiger partial charge is 0.278 e. The first-order valence-corrected chi connectivity index (χ1v) is 8.27. The molecular formula is C18H18ClN3O3. The van der Waals surface area contributed by atoms with Crippen LogP contribution in [-0.2, 0) is 4.79 Å². The SMILES string of the molecule is COc1nccnc1OC1CCN(C(=O)/C=C/c2ccc(Cl)cc2)C1. The normalized spacial score (nSPS) is 17.0. The molecule has 2 heterocycles. The summed E-state index contributed by atoms with van der Waals surface area (Å²) < 4.78 is 10.9. The molecule has 2 aromatic rings. The molecule has 0 saturated carbocycles. The monoisotopic (exact) mass is 359 g/mol. The van der Waals surface area contributed by atoms with Gasteiger partial charge in [-0.1, -0.05) is 23.7 Å². The summed E-state index contributed by atoms with van der Waals surface area (Å²) in [7, 11) is 1.52. The van der Waals surface area contributed by atoms with E-state index in [1.54, 1.807) is 35.4 Å². The first-order valence-electron chi connectivity index (χ1n) is 7.90. The highest BCUT2D eigenvalue weighted by Gasteiger charge is 2.27. The molecule has 6 nitrogen and oxygen atoms in total. The van der Waals surface area contributed by atoms with Gasteiger partial charge < -0.3 is 14.4 Å². The van der Waals surface area contributed by atoms with Crippen molar-refractivity contribution in [1.82, 2.24) is 14.9 Å². The third-order valence-electron chi connectivity index (χ3n) is 3.85. The van der Waals surface area contributed by atoms with Crippen molar-refractivity contribution in [3.05, 3.63) is 53.3 Å². The minimum absolute atomic E-state index is 0.0489. The molecule has 25 heavy (non-hydrogen) atoms. The van der Waals surface area contributed by atoms with Crippen LogP contribution >= 0.6 is 11.6 Å². The second-order valence-corrected chi connectivity index (χ2v) is 6.00. The molecule has 1 saturated heterocycles. The summed E-state index contributed by atoms with van der Waals surface area (Å²) in [6.45, 7) is 1.14. The molecule has 0 radical (unpaired) electrons. The first-order chi connectivity index (χ1) is 12.2. The van der Waals surface area contributed by atoms with Crippen LogP contribution in [0.2, 0.25) is 5.02 Å². The highest BCUT2D eigenvalue weighted by molar-refractivity contribution is 6.30. The number of benzene rings is 1. The maximum atomic E-state index is 12.3. The molecule has 0 bridgehead atoms. The molecule has 1 aliphatic rings. The molecule has 1 aromatic heterocycles. The molecule has 0 N–H and O–H groups in total. The number of likely N-dealkylation sites (tertiary alicyclic amines) is 1. The van der Waals surface area contributed by atoms with Gasteiger partial charge in [-0.05, 0) is 23.8 Å². The van der Waals surface area contributed by atoms with E-state index < -0.39 is 0 Å². The molecule has 0 aliphatic carbocycles. The Labute approximate surface area is 151 Å². The molecule has 0 spiro atoms. The Morgan fingerprint density at radius 1 is 1.24 bits per heavy atom. The van der Waals surface area contributed by atoms with Gasteiger partial charge in [0, 0.05) is 36.5 Å². The molecule has 1 amide bonds. The van der Waals surface area contributed by atoms with Crippen LogP contribution in [0.1, 0.15) is 12.0 Å². The van der Waals surface area contributed by atoms with Crippen LogP contribution in [0.5, 0.6) is 11.8 Å². The number of nitrogens with zero attached hydrogens (tertiary/aromatic N) is 3. The third-order valence-corrected chi connectivity index (χ3v) is 4.10. The zero-order chi connectivity index (χ0) is 17.6. The molecule has 7 heteroatoms. The lowest BCUT2D eigenvalue weighted by Crippen LogP contribution is -2.29. The number of aromatic nitrogens is 2. The maximum Gasteiger partial charge on any atom is 0.278 e. The summed E-state index contributed by atoms with van der Waals surface area (Å²) >= 11 is 5.85. The predicted molar refractivity (Wildman–Crippen MR) is 94.7 cm³/mol. The second kappa shape index (κ2) is 7.98. The van der Waals surface area contributed by atoms with E-state index in [4.69, 9.17) is 21.1 Å². The predicted octanol–water partition coefficient (Wildman–Crippen LogP) is 2.83. The second-order valence-electron chi connectivity index (χ2n) is 5.57. The summed E-state index contributed by atoms with van der Waals surface area (Å²) in [5, 5.41) is 0.669. The third kappa shape index (κ3) is 4.48. The highest BCUT2D eigenvalue weighted by Crippen LogP contribution is 2.24. The van der Waals surface area contributed by atoms with Gasteiger partial charge in [0.15, 0.2) is 0 Å². The highest BCUT2D eigenvalue weighted by atomic mass is 35.5. The van der Waals surface area contributed by atoms with Crippen LogP contribution in [0.4, 0.5) is 0 Å². The zero-order valence-electron chi connectivity index (χ0n) is 13.8. The van der Waals surface area contributed by atoms with E-state index in [1.165, 1.54) is 13.3 Å². The van der Waals surface area contributed by atoms with E-state index in [1.807, 2.05) is 12.1 Å². The average Bonchev–Trinajstić information content (AvgIpc) is 3.10. The number of halogens is 1. The summed E-state index contributed by atoms with van der Waals surface area (Å²) in [4.78, 5) is 22.2. The zero-order valence-corrected chi connectivity index (χ0v) is 14.5. The van der Waals surface area contributed by atoms with Gasteiger partial charge in [-0.25, -0.2) is 9.97 Å². The van der Waals surface area contributed by atoms with Gasteiger partial charge in [-0.3, -0.25) is 4.79 Å². The van der Waals surface area contributed by atoms with Crippen LogP contribution in [-0.4, -0.2) is 47.1 Å². The van der Waals surface area contributed by atoms with Crippen molar-refractivity contribution >= 4 is 23.6 Å². The summed E-state index contributed by atoms with van der Waals surface area (Å²) in [6.07, 6.45) is 7.04. The molecule has 1 aliphatic heterocycles. The molecule has 130 valence electrons. The van der Waals surface area contributed by atoms with Crippen molar-refractivity contribution in [1.29, 1.82) is 0 Å². The number of methoxy groups -OCH3 is 1. The number of carbonyl (C=O) groups is 1. The Bertz CT molecular complexity index is 764. The molecule has 1 atom stereocenters. The minimum Gasteiger partial charge on any atom is -0.477 e. The van der Waals surface area contributed by atoms with Gasteiger partial charge in [0.05, 0.1) is 13.7 Å². The molecule has 1 unspecified atom stereocenters. The van der Waals surface area contributed by atoms with Crippen molar-refractivity contribution in [2.45, 2.75) is 12.5 Å². The van der Waals surface area contributed by atoms with Gasteiger partial charge in [0.1, 0.15) is 6.10 Å². The number of carbonyl (C=O) groups excluding carboxylic acids is 1. The van der Waals surface area contributed by atoms with E-state index in [2.05, 4.69) is 9.97 Å². The fraction of sp³-hybridized carbons (Fsp3) is 0.278.